The molecule has 5 aliphatic carbocycles. The van der Waals surface area contributed by atoms with Crippen molar-refractivity contribution >= 4 is 23.9 Å². The summed E-state index contributed by atoms with van der Waals surface area (Å²) in [6, 6.07) is -0.717. The molecule has 6 aliphatic rings. The van der Waals surface area contributed by atoms with Gasteiger partial charge >= 0.3 is 29.6 Å². The van der Waals surface area contributed by atoms with Crippen molar-refractivity contribution in [3.8, 4) is 0 Å². The maximum Gasteiger partial charge on any atom is 0.330 e. The van der Waals surface area contributed by atoms with Gasteiger partial charge in [-0.15, -0.1) is 0 Å². The van der Waals surface area contributed by atoms with Crippen LogP contribution >= 0.6 is 0 Å². The van der Waals surface area contributed by atoms with Crippen molar-refractivity contribution in [3.63, 3.8) is 0 Å². The molecule has 5 saturated carbocycles. The second-order valence-corrected chi connectivity index (χ2v) is 24.6. The van der Waals surface area contributed by atoms with E-state index in [9.17, 15) is 34.3 Å². The van der Waals surface area contributed by atoms with E-state index >= 15 is 0 Å². The number of hydrogen-bond acceptors (Lipinski definition) is 11. The summed E-state index contributed by atoms with van der Waals surface area (Å²) in [7, 11) is 0. The molecule has 1 saturated heterocycles. The number of carboxylic acids is 1. The summed E-state index contributed by atoms with van der Waals surface area (Å²) >= 11 is 0. The summed E-state index contributed by atoms with van der Waals surface area (Å²) in [4.78, 5) is 80.7. The lowest BCUT2D eigenvalue weighted by molar-refractivity contribution is -0.253. The largest absolute Gasteiger partial charge is 0.481 e. The second-order valence-electron chi connectivity index (χ2n) is 24.6. The minimum Gasteiger partial charge on any atom is -0.481 e. The molecule has 13 atom stereocenters. The van der Waals surface area contributed by atoms with E-state index in [-0.39, 0.29) is 83.8 Å². The smallest absolute Gasteiger partial charge is 0.330 e. The van der Waals surface area contributed by atoms with Crippen molar-refractivity contribution < 1.29 is 43.2 Å². The van der Waals surface area contributed by atoms with Gasteiger partial charge in [-0.3, -0.25) is 33.5 Å². The maximum absolute atomic E-state index is 13.8. The van der Waals surface area contributed by atoms with Crippen LogP contribution in [0.25, 0.3) is 10.4 Å². The third-order valence-electron chi connectivity index (χ3n) is 19.5. The molecule has 1 aliphatic heterocycles. The highest BCUT2D eigenvalue weighted by molar-refractivity contribution is 5.74. The zero-order valence-corrected chi connectivity index (χ0v) is 42.4. The molecule has 0 radical (unpaired) electrons. The Balaban J connectivity index is 0.976. The SMILES string of the molecule is Cc1cn([C@H]2C[C@H](N=[N+]=[N-])C(COC(=O)CC(C)(C)CC(=O)OC[C@]34CC[C@@H](C(C)C)[C@@H]3[C@H]3CC[C@@H]5[C@@]6(C)CC[C@H](OC(=O)CCCC(=O)O)C(C)(C)[C@@H]6CC[C@@]5(C)[C@]3(C)CC4)O2)c(=O)[nH]c1=O. The highest BCUT2D eigenvalue weighted by atomic mass is 16.6. The minimum atomic E-state index is -0.897. The maximum atomic E-state index is 13.8. The molecule has 1 aromatic rings. The Kier molecular flexibility index (Phi) is 14.6. The number of aromatic amines is 1. The molecule has 1 aromatic heterocycles. The quantitative estimate of drug-likeness (QED) is 0.0521. The summed E-state index contributed by atoms with van der Waals surface area (Å²) < 4.78 is 25.4. The van der Waals surface area contributed by atoms with Crippen LogP contribution in [0.1, 0.15) is 177 Å². The van der Waals surface area contributed by atoms with Crippen molar-refractivity contribution in [1.29, 1.82) is 0 Å². The van der Waals surface area contributed by atoms with Gasteiger partial charge in [-0.05, 0) is 140 Å². The number of fused-ring (bicyclic) bond motifs is 7. The van der Waals surface area contributed by atoms with E-state index in [2.05, 4.69) is 63.5 Å². The van der Waals surface area contributed by atoms with E-state index in [1.54, 1.807) is 6.92 Å². The molecule has 2 heterocycles. The van der Waals surface area contributed by atoms with E-state index in [0.717, 1.165) is 64.2 Å². The van der Waals surface area contributed by atoms with Crippen LogP contribution in [0.15, 0.2) is 20.9 Å². The van der Waals surface area contributed by atoms with Crippen LogP contribution in [0.3, 0.4) is 0 Å². The lowest BCUT2D eigenvalue weighted by Crippen LogP contribution is -2.67. The topological polar surface area (TPSA) is 229 Å². The Bertz CT molecular complexity index is 2270. The molecule has 7 rings (SSSR count). The molecule has 0 amide bonds. The number of carbonyl (C=O) groups is 4. The summed E-state index contributed by atoms with van der Waals surface area (Å²) in [5.74, 6) is 0.877. The molecule has 0 bridgehead atoms. The van der Waals surface area contributed by atoms with Crippen molar-refractivity contribution in [1.82, 2.24) is 9.55 Å². The first-order valence-electron chi connectivity index (χ1n) is 25.5. The number of nitrogens with one attached hydrogen (secondary N) is 1. The lowest BCUT2D eigenvalue weighted by Gasteiger charge is -2.73. The normalized spacial score (nSPS) is 37.1. The average molecular weight is 950 g/mol. The molecule has 378 valence electrons. The van der Waals surface area contributed by atoms with Crippen molar-refractivity contribution in [2.45, 2.75) is 196 Å². The highest BCUT2D eigenvalue weighted by Crippen LogP contribution is 2.77. The Morgan fingerprint density at radius 1 is 0.912 bits per heavy atom. The summed E-state index contributed by atoms with van der Waals surface area (Å²) in [5.41, 5.74) is 7.62. The Morgan fingerprint density at radius 2 is 1.62 bits per heavy atom. The van der Waals surface area contributed by atoms with E-state index in [1.165, 1.54) is 10.8 Å². The molecular weight excluding hydrogens is 871 g/mol. The van der Waals surface area contributed by atoms with Crippen LogP contribution < -0.4 is 11.2 Å². The number of hydrogen-bond donors (Lipinski definition) is 2. The molecule has 16 nitrogen and oxygen atoms in total. The van der Waals surface area contributed by atoms with Crippen LogP contribution in [0.2, 0.25) is 0 Å². The third kappa shape index (κ3) is 9.54. The number of aryl methyl sites for hydroxylation is 1. The summed E-state index contributed by atoms with van der Waals surface area (Å²) in [5, 5.41) is 12.9. The molecule has 0 spiro atoms. The van der Waals surface area contributed by atoms with Gasteiger partial charge in [0.25, 0.3) is 5.56 Å². The number of aromatic nitrogens is 2. The number of nitrogens with zero attached hydrogens (tertiary/aromatic N) is 4. The van der Waals surface area contributed by atoms with Gasteiger partial charge in [0, 0.05) is 46.8 Å². The highest BCUT2D eigenvalue weighted by Gasteiger charge is 2.71. The second kappa shape index (κ2) is 19.2. The van der Waals surface area contributed by atoms with Gasteiger partial charge in [-0.25, -0.2) is 4.79 Å². The van der Waals surface area contributed by atoms with Crippen LogP contribution in [0, 0.1) is 74.9 Å². The van der Waals surface area contributed by atoms with Crippen molar-refractivity contribution in [2.75, 3.05) is 13.2 Å². The first kappa shape index (κ1) is 51.7. The first-order valence-corrected chi connectivity index (χ1v) is 25.5. The van der Waals surface area contributed by atoms with Crippen LogP contribution in [0.4, 0.5) is 0 Å². The van der Waals surface area contributed by atoms with Gasteiger partial charge in [-0.1, -0.05) is 67.4 Å². The van der Waals surface area contributed by atoms with Crippen LogP contribution in [-0.4, -0.2) is 70.0 Å². The average Bonchev–Trinajstić information content (AvgIpc) is 3.83. The van der Waals surface area contributed by atoms with Gasteiger partial charge in [0.15, 0.2) is 0 Å². The minimum absolute atomic E-state index is 0.0338. The predicted molar refractivity (Wildman–Crippen MR) is 253 cm³/mol. The molecule has 0 aromatic carbocycles. The van der Waals surface area contributed by atoms with E-state index in [1.807, 2.05) is 13.8 Å². The zero-order chi connectivity index (χ0) is 49.8. The number of ether oxygens (including phenoxy) is 4. The number of carboxylic acid groups (broad SMARTS) is 1. The number of carbonyl (C=O) groups excluding carboxylic acids is 3. The molecule has 6 fully saturated rings. The van der Waals surface area contributed by atoms with Crippen LogP contribution in [0.5, 0.6) is 0 Å². The number of esters is 3. The Labute approximate surface area is 401 Å². The predicted octanol–water partition coefficient (Wildman–Crippen LogP) is 9.61. The molecular formula is C52H79N5O11. The first-order chi connectivity index (χ1) is 31.8. The van der Waals surface area contributed by atoms with Gasteiger partial charge in [0.2, 0.25) is 0 Å². The van der Waals surface area contributed by atoms with E-state index < -0.39 is 47.0 Å². The molecule has 68 heavy (non-hydrogen) atoms. The fourth-order valence-corrected chi connectivity index (χ4v) is 15.9. The fraction of sp³-hybridized carbons (Fsp3) is 0.846. The van der Waals surface area contributed by atoms with E-state index in [4.69, 9.17) is 24.1 Å². The Hall–Kier alpha value is -4.17. The van der Waals surface area contributed by atoms with Crippen LogP contribution in [-0.2, 0) is 38.1 Å². The molecule has 1 unspecified atom stereocenters. The third-order valence-corrected chi connectivity index (χ3v) is 19.5. The zero-order valence-electron chi connectivity index (χ0n) is 42.4. The van der Waals surface area contributed by atoms with E-state index in [0.29, 0.717) is 54.1 Å². The monoisotopic (exact) mass is 950 g/mol. The molecule has 16 heteroatoms. The van der Waals surface area contributed by atoms with Gasteiger partial charge in [0.05, 0.1) is 25.5 Å². The molecule has 2 N–H and O–H groups in total. The Morgan fingerprint density at radius 3 is 2.29 bits per heavy atom. The van der Waals surface area contributed by atoms with Gasteiger partial charge < -0.3 is 24.1 Å². The summed E-state index contributed by atoms with van der Waals surface area (Å²) in [6.07, 6.45) is 10.7. The number of azide groups is 1. The lowest BCUT2D eigenvalue weighted by atomic mass is 9.32. The number of rotatable bonds is 16. The van der Waals surface area contributed by atoms with Gasteiger partial charge in [-0.2, -0.15) is 0 Å². The van der Waals surface area contributed by atoms with Crippen molar-refractivity contribution in [2.24, 2.45) is 73.1 Å². The fourth-order valence-electron chi connectivity index (χ4n) is 15.9. The van der Waals surface area contributed by atoms with Gasteiger partial charge in [0.1, 0.15) is 25.0 Å². The number of aliphatic carboxylic acids is 1. The number of H-pyrrole nitrogens is 1. The summed E-state index contributed by atoms with van der Waals surface area (Å²) in [6.45, 7) is 22.5. The van der Waals surface area contributed by atoms with Crippen molar-refractivity contribution in [3.05, 3.63) is 43.0 Å². The standard InChI is InChI=1S/C52H79N5O11/c1-30(2)32-16-21-52(29-66-43(62)26-47(4,5)25-42(61)65-28-35-34(55-56-53)24-39(67-35)57-27-31(3)45(63)54-46(57)64)23-22-50(9)33(44(32)52)14-15-37-49(8)19-18-38(68-41(60)13-11-12-40(58)59)48(6,7)36(49)17-20-51(37,50)10/h27,30,32-39,44H,11-26,28-29H2,1-10H3,(H,58,59)(H,54,63,64)/t32-,33+,34-,35?,36-,37+,38-,39+,44+,49-,50+,51+,52+/m0/s1.